The highest BCUT2D eigenvalue weighted by Crippen LogP contribution is 2.22. The van der Waals surface area contributed by atoms with E-state index in [9.17, 15) is 0 Å². The van der Waals surface area contributed by atoms with E-state index in [0.29, 0.717) is 0 Å². The molecule has 2 aromatic carbocycles. The van der Waals surface area contributed by atoms with Gasteiger partial charge in [0, 0.05) is 18.7 Å². The molecule has 1 heterocycles. The van der Waals surface area contributed by atoms with E-state index in [1.807, 2.05) is 18.2 Å². The smallest absolute Gasteiger partial charge is 0.110 e. The molecule has 0 fully saturated rings. The number of rotatable bonds is 4. The Bertz CT molecular complexity index is 771. The van der Waals surface area contributed by atoms with E-state index in [4.69, 9.17) is 10.7 Å². The summed E-state index contributed by atoms with van der Waals surface area (Å²) in [5, 5.41) is 0. The molecule has 3 rings (SSSR count). The number of hydrogen-bond donors (Lipinski definition) is 1. The quantitative estimate of drug-likeness (QED) is 0.735. The Morgan fingerprint density at radius 1 is 1.10 bits per heavy atom. The normalized spacial score (nSPS) is 11.1. The van der Waals surface area contributed by atoms with Crippen LogP contribution in [0.25, 0.3) is 11.0 Å². The summed E-state index contributed by atoms with van der Waals surface area (Å²) in [5.41, 5.74) is 11.6. The predicted molar refractivity (Wildman–Crippen MR) is 88.4 cm³/mol. The molecule has 0 aliphatic carbocycles. The van der Waals surface area contributed by atoms with Crippen LogP contribution in [0, 0.1) is 6.92 Å². The molecule has 108 valence electrons. The Hall–Kier alpha value is -2.29. The van der Waals surface area contributed by atoms with E-state index in [1.54, 1.807) is 0 Å². The second kappa shape index (κ2) is 5.60. The van der Waals surface area contributed by atoms with Crippen molar-refractivity contribution >= 4 is 16.7 Å². The molecule has 3 nitrogen and oxygen atoms in total. The van der Waals surface area contributed by atoms with E-state index < -0.39 is 0 Å². The van der Waals surface area contributed by atoms with Crippen LogP contribution in [0.2, 0.25) is 0 Å². The molecular weight excluding hydrogens is 258 g/mol. The average Bonchev–Trinajstić information content (AvgIpc) is 2.82. The lowest BCUT2D eigenvalue weighted by molar-refractivity contribution is 0.719. The summed E-state index contributed by atoms with van der Waals surface area (Å²) in [6, 6.07) is 14.5. The number of nitrogens with zero attached hydrogens (tertiary/aromatic N) is 2. The van der Waals surface area contributed by atoms with Crippen LogP contribution < -0.4 is 5.73 Å². The molecule has 3 heteroatoms. The summed E-state index contributed by atoms with van der Waals surface area (Å²) in [4.78, 5) is 4.78. The number of hydrogen-bond acceptors (Lipinski definition) is 2. The molecule has 0 saturated heterocycles. The summed E-state index contributed by atoms with van der Waals surface area (Å²) in [6.45, 7) is 5.10. The van der Waals surface area contributed by atoms with Gasteiger partial charge in [0.15, 0.2) is 0 Å². The molecule has 0 spiro atoms. The SMILES string of the molecule is CCCc1nc2ccccc2n1Cc1cccc(N)c1C. The maximum Gasteiger partial charge on any atom is 0.110 e. The minimum Gasteiger partial charge on any atom is -0.399 e. The van der Waals surface area contributed by atoms with Gasteiger partial charge >= 0.3 is 0 Å². The number of nitrogens with two attached hydrogens (primary N) is 1. The number of fused-ring (bicyclic) bond motifs is 1. The molecule has 0 unspecified atom stereocenters. The molecule has 0 atom stereocenters. The molecule has 0 bridgehead atoms. The Balaban J connectivity index is 2.10. The van der Waals surface area contributed by atoms with Crippen LogP contribution in [-0.4, -0.2) is 9.55 Å². The summed E-state index contributed by atoms with van der Waals surface area (Å²) < 4.78 is 2.32. The minimum absolute atomic E-state index is 0.826. The van der Waals surface area contributed by atoms with Crippen LogP contribution in [0.4, 0.5) is 5.69 Å². The molecule has 3 aromatic rings. The lowest BCUT2D eigenvalue weighted by Gasteiger charge is -2.12. The monoisotopic (exact) mass is 279 g/mol. The average molecular weight is 279 g/mol. The first-order chi connectivity index (χ1) is 10.2. The maximum absolute atomic E-state index is 6.03. The van der Waals surface area contributed by atoms with Gasteiger partial charge in [0.25, 0.3) is 0 Å². The number of aryl methyl sites for hydroxylation is 1. The van der Waals surface area contributed by atoms with Crippen LogP contribution >= 0.6 is 0 Å². The van der Waals surface area contributed by atoms with Crippen molar-refractivity contribution in [2.75, 3.05) is 5.73 Å². The van der Waals surface area contributed by atoms with E-state index in [2.05, 4.69) is 42.7 Å². The van der Waals surface area contributed by atoms with Gasteiger partial charge in [-0.2, -0.15) is 0 Å². The van der Waals surface area contributed by atoms with E-state index in [0.717, 1.165) is 42.0 Å². The number of benzene rings is 2. The fourth-order valence-corrected chi connectivity index (χ4v) is 2.76. The van der Waals surface area contributed by atoms with Crippen LogP contribution in [0.3, 0.4) is 0 Å². The van der Waals surface area contributed by atoms with Crippen molar-refractivity contribution in [3.05, 3.63) is 59.4 Å². The molecule has 0 aliphatic rings. The Morgan fingerprint density at radius 3 is 2.71 bits per heavy atom. The molecule has 21 heavy (non-hydrogen) atoms. The maximum atomic E-state index is 6.03. The van der Waals surface area contributed by atoms with Crippen LogP contribution in [0.5, 0.6) is 0 Å². The highest BCUT2D eigenvalue weighted by Gasteiger charge is 2.11. The fraction of sp³-hybridized carbons (Fsp3) is 0.278. The van der Waals surface area contributed by atoms with Gasteiger partial charge in [-0.05, 0) is 42.7 Å². The highest BCUT2D eigenvalue weighted by molar-refractivity contribution is 5.76. The van der Waals surface area contributed by atoms with Crippen molar-refractivity contribution in [2.24, 2.45) is 0 Å². The van der Waals surface area contributed by atoms with Crippen molar-refractivity contribution < 1.29 is 0 Å². The second-order valence-electron chi connectivity index (χ2n) is 5.48. The molecule has 2 N–H and O–H groups in total. The molecule has 1 aromatic heterocycles. The van der Waals surface area contributed by atoms with Crippen molar-refractivity contribution in [1.82, 2.24) is 9.55 Å². The standard InChI is InChI=1S/C18H21N3/c1-3-7-18-20-16-10-4-5-11-17(16)21(18)12-14-8-6-9-15(19)13(14)2/h4-6,8-11H,3,7,12,19H2,1-2H3. The first-order valence-electron chi connectivity index (χ1n) is 7.48. The molecule has 0 aliphatic heterocycles. The number of para-hydroxylation sites is 2. The number of nitrogen functional groups attached to an aromatic ring is 1. The zero-order valence-electron chi connectivity index (χ0n) is 12.6. The summed E-state index contributed by atoms with van der Waals surface area (Å²) in [5.74, 6) is 1.15. The third kappa shape index (κ3) is 2.51. The van der Waals surface area contributed by atoms with Gasteiger partial charge in [-0.3, -0.25) is 0 Å². The Kier molecular flexibility index (Phi) is 3.65. The Morgan fingerprint density at radius 2 is 1.90 bits per heavy atom. The van der Waals surface area contributed by atoms with Gasteiger partial charge in [-0.25, -0.2) is 4.98 Å². The van der Waals surface area contributed by atoms with Crippen LogP contribution in [-0.2, 0) is 13.0 Å². The zero-order valence-corrected chi connectivity index (χ0v) is 12.6. The summed E-state index contributed by atoms with van der Waals surface area (Å²) in [6.07, 6.45) is 2.09. The van der Waals surface area contributed by atoms with Crippen LogP contribution in [0.15, 0.2) is 42.5 Å². The first-order valence-corrected chi connectivity index (χ1v) is 7.48. The third-order valence-electron chi connectivity index (χ3n) is 4.02. The van der Waals surface area contributed by atoms with Gasteiger partial charge < -0.3 is 10.3 Å². The van der Waals surface area contributed by atoms with Crippen molar-refractivity contribution in [3.63, 3.8) is 0 Å². The van der Waals surface area contributed by atoms with Crippen LogP contribution in [0.1, 0.15) is 30.3 Å². The molecule has 0 saturated carbocycles. The first kappa shape index (κ1) is 13.7. The van der Waals surface area contributed by atoms with E-state index >= 15 is 0 Å². The highest BCUT2D eigenvalue weighted by atomic mass is 15.1. The lowest BCUT2D eigenvalue weighted by Crippen LogP contribution is -2.07. The lowest BCUT2D eigenvalue weighted by atomic mass is 10.1. The second-order valence-corrected chi connectivity index (χ2v) is 5.48. The van der Waals surface area contributed by atoms with Gasteiger partial charge in [0.1, 0.15) is 5.82 Å². The number of anilines is 1. The topological polar surface area (TPSA) is 43.8 Å². The van der Waals surface area contributed by atoms with E-state index in [1.165, 1.54) is 11.1 Å². The van der Waals surface area contributed by atoms with Gasteiger partial charge in [0.2, 0.25) is 0 Å². The largest absolute Gasteiger partial charge is 0.399 e. The molecule has 0 amide bonds. The van der Waals surface area contributed by atoms with Gasteiger partial charge in [0.05, 0.1) is 11.0 Å². The zero-order chi connectivity index (χ0) is 14.8. The fourth-order valence-electron chi connectivity index (χ4n) is 2.76. The molecule has 0 radical (unpaired) electrons. The minimum atomic E-state index is 0.826. The van der Waals surface area contributed by atoms with Crippen molar-refractivity contribution in [3.8, 4) is 0 Å². The van der Waals surface area contributed by atoms with E-state index in [-0.39, 0.29) is 0 Å². The summed E-state index contributed by atoms with van der Waals surface area (Å²) >= 11 is 0. The number of imidazole rings is 1. The van der Waals surface area contributed by atoms with Crippen molar-refractivity contribution in [1.29, 1.82) is 0 Å². The van der Waals surface area contributed by atoms with Gasteiger partial charge in [-0.15, -0.1) is 0 Å². The molecular formula is C18H21N3. The summed E-state index contributed by atoms with van der Waals surface area (Å²) in [7, 11) is 0. The van der Waals surface area contributed by atoms with Crippen molar-refractivity contribution in [2.45, 2.75) is 33.2 Å². The number of aromatic nitrogens is 2. The Labute approximate surface area is 125 Å². The predicted octanol–water partition coefficient (Wildman–Crippen LogP) is 3.93. The van der Waals surface area contributed by atoms with Gasteiger partial charge in [-0.1, -0.05) is 31.2 Å². The third-order valence-corrected chi connectivity index (χ3v) is 4.02.